The van der Waals surface area contributed by atoms with Gasteiger partial charge in [-0.2, -0.15) is 5.26 Å². The van der Waals surface area contributed by atoms with E-state index in [2.05, 4.69) is 82.7 Å². The number of hydrogen-bond acceptors (Lipinski definition) is 1. The number of hydrogen-bond donors (Lipinski definition) is 0. The molecule has 0 amide bonds. The minimum Gasteiger partial charge on any atom is -0.192 e. The van der Waals surface area contributed by atoms with Crippen molar-refractivity contribution in [1.29, 1.82) is 5.26 Å². The average Bonchev–Trinajstić information content (AvgIpc) is 2.74. The molecule has 5 rings (SSSR count). The Labute approximate surface area is 165 Å². The molecule has 0 saturated heterocycles. The highest BCUT2D eigenvalue weighted by molar-refractivity contribution is 9.10. The van der Waals surface area contributed by atoms with E-state index in [4.69, 9.17) is 0 Å². The first-order valence-corrected chi connectivity index (χ1v) is 9.60. The van der Waals surface area contributed by atoms with Gasteiger partial charge in [-0.25, -0.2) is 0 Å². The zero-order chi connectivity index (χ0) is 18.4. The van der Waals surface area contributed by atoms with Gasteiger partial charge in [-0.05, 0) is 60.1 Å². The first-order valence-electron chi connectivity index (χ1n) is 8.81. The lowest BCUT2D eigenvalue weighted by atomic mass is 9.88. The van der Waals surface area contributed by atoms with Crippen LogP contribution in [0.4, 0.5) is 0 Å². The second-order valence-electron chi connectivity index (χ2n) is 6.60. The highest BCUT2D eigenvalue weighted by atomic mass is 79.9. The molecule has 0 radical (unpaired) electrons. The molecule has 5 aromatic carbocycles. The third kappa shape index (κ3) is 2.36. The summed E-state index contributed by atoms with van der Waals surface area (Å²) in [6.45, 7) is 0. The Hall–Kier alpha value is -3.15. The molecule has 0 bridgehead atoms. The first-order chi connectivity index (χ1) is 13.3. The van der Waals surface area contributed by atoms with Crippen LogP contribution in [0, 0.1) is 11.3 Å². The van der Waals surface area contributed by atoms with Gasteiger partial charge < -0.3 is 0 Å². The van der Waals surface area contributed by atoms with Crippen LogP contribution in [0.5, 0.6) is 0 Å². The lowest BCUT2D eigenvalue weighted by Crippen LogP contribution is -1.90. The molecule has 2 heteroatoms. The fourth-order valence-corrected chi connectivity index (χ4v) is 4.67. The molecule has 0 aliphatic carbocycles. The maximum Gasteiger partial charge on any atom is 0.0998 e. The van der Waals surface area contributed by atoms with Gasteiger partial charge >= 0.3 is 0 Å². The molecule has 27 heavy (non-hydrogen) atoms. The lowest BCUT2D eigenvalue weighted by molar-refractivity contribution is 1.50. The van der Waals surface area contributed by atoms with Crippen LogP contribution in [0.25, 0.3) is 43.4 Å². The Bertz CT molecular complexity index is 1340. The Morgan fingerprint density at radius 1 is 0.556 bits per heavy atom. The van der Waals surface area contributed by atoms with Crippen LogP contribution in [0.15, 0.2) is 89.4 Å². The maximum atomic E-state index is 9.52. The van der Waals surface area contributed by atoms with Gasteiger partial charge in [-0.1, -0.05) is 78.9 Å². The predicted octanol–water partition coefficient (Wildman–Crippen LogP) is 7.45. The third-order valence-electron chi connectivity index (χ3n) is 5.18. The number of nitriles is 1. The molecule has 0 saturated carbocycles. The summed E-state index contributed by atoms with van der Waals surface area (Å²) in [5.74, 6) is 0. The van der Waals surface area contributed by atoms with E-state index in [1.807, 2.05) is 24.3 Å². The van der Waals surface area contributed by atoms with Crippen LogP contribution in [-0.4, -0.2) is 0 Å². The first kappa shape index (κ1) is 16.1. The van der Waals surface area contributed by atoms with Crippen LogP contribution in [0.3, 0.4) is 0 Å². The third-order valence-corrected chi connectivity index (χ3v) is 6.03. The van der Waals surface area contributed by atoms with E-state index in [1.165, 1.54) is 27.1 Å². The predicted molar refractivity (Wildman–Crippen MR) is 117 cm³/mol. The molecule has 0 unspecified atom stereocenters. The quantitative estimate of drug-likeness (QED) is 0.264. The normalized spacial score (nSPS) is 11.1. The summed E-state index contributed by atoms with van der Waals surface area (Å²) in [6, 6.07) is 31.5. The molecular formula is C25H14BrN. The van der Waals surface area contributed by atoms with Crippen molar-refractivity contribution < 1.29 is 0 Å². The molecular weight excluding hydrogens is 394 g/mol. The highest BCUT2D eigenvalue weighted by Crippen LogP contribution is 2.43. The molecule has 126 valence electrons. The summed E-state index contributed by atoms with van der Waals surface area (Å²) in [7, 11) is 0. The van der Waals surface area contributed by atoms with Crippen LogP contribution in [0.2, 0.25) is 0 Å². The van der Waals surface area contributed by atoms with Crippen molar-refractivity contribution in [3.05, 3.63) is 95.0 Å². The second-order valence-corrected chi connectivity index (χ2v) is 7.39. The van der Waals surface area contributed by atoms with Gasteiger partial charge in [0.1, 0.15) is 0 Å². The molecule has 0 fully saturated rings. The minimum atomic E-state index is 0.708. The summed E-state index contributed by atoms with van der Waals surface area (Å²) in [5, 5.41) is 16.4. The summed E-state index contributed by atoms with van der Waals surface area (Å²) in [5.41, 5.74) is 3.08. The summed E-state index contributed by atoms with van der Waals surface area (Å²) in [4.78, 5) is 0. The monoisotopic (exact) mass is 407 g/mol. The van der Waals surface area contributed by atoms with Gasteiger partial charge in [-0.15, -0.1) is 0 Å². The minimum absolute atomic E-state index is 0.708. The van der Waals surface area contributed by atoms with E-state index in [1.54, 1.807) is 0 Å². The van der Waals surface area contributed by atoms with E-state index in [0.29, 0.717) is 5.56 Å². The Morgan fingerprint density at radius 2 is 1.04 bits per heavy atom. The van der Waals surface area contributed by atoms with Gasteiger partial charge in [0.25, 0.3) is 0 Å². The SMILES string of the molecule is N#Cc1ccc(-c2c3ccccc3c(Br)c3ccccc23)c2ccccc12. The van der Waals surface area contributed by atoms with Crippen LogP contribution < -0.4 is 0 Å². The van der Waals surface area contributed by atoms with Crippen molar-refractivity contribution >= 4 is 48.2 Å². The van der Waals surface area contributed by atoms with E-state index < -0.39 is 0 Å². The van der Waals surface area contributed by atoms with E-state index >= 15 is 0 Å². The summed E-state index contributed by atoms with van der Waals surface area (Å²) in [6.07, 6.45) is 0. The average molecular weight is 408 g/mol. The van der Waals surface area contributed by atoms with Crippen molar-refractivity contribution in [3.63, 3.8) is 0 Å². The van der Waals surface area contributed by atoms with Gasteiger partial charge in [0.2, 0.25) is 0 Å². The topological polar surface area (TPSA) is 23.8 Å². The zero-order valence-electron chi connectivity index (χ0n) is 14.4. The van der Waals surface area contributed by atoms with Gasteiger partial charge in [0.15, 0.2) is 0 Å². The molecule has 0 spiro atoms. The Morgan fingerprint density at radius 3 is 1.59 bits per heavy atom. The molecule has 0 N–H and O–H groups in total. The number of benzene rings is 5. The lowest BCUT2D eigenvalue weighted by Gasteiger charge is -2.16. The Balaban J connectivity index is 2.04. The van der Waals surface area contributed by atoms with Gasteiger partial charge in [0, 0.05) is 9.86 Å². The van der Waals surface area contributed by atoms with Crippen molar-refractivity contribution in [2.75, 3.05) is 0 Å². The summed E-state index contributed by atoms with van der Waals surface area (Å²) >= 11 is 3.82. The van der Waals surface area contributed by atoms with Gasteiger partial charge in [0.05, 0.1) is 11.6 Å². The number of nitrogens with zero attached hydrogens (tertiary/aromatic N) is 1. The fraction of sp³-hybridized carbons (Fsp3) is 0. The van der Waals surface area contributed by atoms with Gasteiger partial charge in [-0.3, -0.25) is 0 Å². The maximum absolute atomic E-state index is 9.52. The zero-order valence-corrected chi connectivity index (χ0v) is 16.0. The van der Waals surface area contributed by atoms with Crippen LogP contribution in [-0.2, 0) is 0 Å². The highest BCUT2D eigenvalue weighted by Gasteiger charge is 2.16. The number of halogens is 1. The number of fused-ring (bicyclic) bond motifs is 3. The molecule has 0 aliphatic heterocycles. The standard InChI is InChI=1S/C25H14BrN/c26-25-22-11-5-3-9-19(22)24(20-10-4-6-12-23(20)25)21-14-13-16(15-27)17-7-1-2-8-18(17)21/h1-14H. The van der Waals surface area contributed by atoms with Crippen LogP contribution in [0.1, 0.15) is 5.56 Å². The van der Waals surface area contributed by atoms with Crippen molar-refractivity contribution in [2.24, 2.45) is 0 Å². The molecule has 0 atom stereocenters. The number of rotatable bonds is 1. The largest absolute Gasteiger partial charge is 0.192 e. The van der Waals surface area contributed by atoms with Crippen molar-refractivity contribution in [1.82, 2.24) is 0 Å². The van der Waals surface area contributed by atoms with Crippen LogP contribution >= 0.6 is 15.9 Å². The van der Waals surface area contributed by atoms with Crippen molar-refractivity contribution in [3.8, 4) is 17.2 Å². The van der Waals surface area contributed by atoms with E-state index in [9.17, 15) is 5.26 Å². The molecule has 0 aromatic heterocycles. The Kier molecular flexibility index (Phi) is 3.70. The molecule has 0 aliphatic rings. The summed E-state index contributed by atoms with van der Waals surface area (Å²) < 4.78 is 1.12. The smallest absolute Gasteiger partial charge is 0.0998 e. The van der Waals surface area contributed by atoms with Crippen molar-refractivity contribution in [2.45, 2.75) is 0 Å². The second kappa shape index (κ2) is 6.23. The molecule has 1 nitrogen and oxygen atoms in total. The fourth-order valence-electron chi connectivity index (χ4n) is 3.98. The molecule has 0 heterocycles. The van der Waals surface area contributed by atoms with E-state index in [0.717, 1.165) is 20.8 Å². The van der Waals surface area contributed by atoms with E-state index in [-0.39, 0.29) is 0 Å². The molecule has 5 aromatic rings.